The van der Waals surface area contributed by atoms with Crippen LogP contribution in [0.2, 0.25) is 5.02 Å². The van der Waals surface area contributed by atoms with Crippen LogP contribution in [0.5, 0.6) is 0 Å². The van der Waals surface area contributed by atoms with Crippen LogP contribution < -0.4 is 5.32 Å². The second-order valence-corrected chi connectivity index (χ2v) is 5.60. The van der Waals surface area contributed by atoms with E-state index < -0.39 is 0 Å². The summed E-state index contributed by atoms with van der Waals surface area (Å²) in [5.74, 6) is 0. The highest BCUT2D eigenvalue weighted by molar-refractivity contribution is 9.10. The third-order valence-electron chi connectivity index (χ3n) is 1.90. The van der Waals surface area contributed by atoms with Gasteiger partial charge in [0.15, 0.2) is 0 Å². The maximum absolute atomic E-state index is 5.98. The van der Waals surface area contributed by atoms with Gasteiger partial charge in [0.2, 0.25) is 0 Å². The smallest absolute Gasteiger partial charge is 0.147 e. The Hall–Kier alpha value is -0.490. The SMILES string of the molecule is CNCc1nnc(-c2cc(Cl)cc(Br)c2)s1. The lowest BCUT2D eigenvalue weighted by Gasteiger charge is -1.98. The second kappa shape index (κ2) is 5.23. The molecule has 3 nitrogen and oxygen atoms in total. The summed E-state index contributed by atoms with van der Waals surface area (Å²) in [6.07, 6.45) is 0. The summed E-state index contributed by atoms with van der Waals surface area (Å²) in [4.78, 5) is 0. The minimum absolute atomic E-state index is 0.690. The van der Waals surface area contributed by atoms with Crippen LogP contribution in [0, 0.1) is 0 Å². The molecule has 2 rings (SSSR count). The largest absolute Gasteiger partial charge is 0.313 e. The number of hydrogen-bond acceptors (Lipinski definition) is 4. The van der Waals surface area contributed by atoms with Crippen molar-refractivity contribution in [2.45, 2.75) is 6.54 Å². The molecule has 0 unspecified atom stereocenters. The van der Waals surface area contributed by atoms with Crippen LogP contribution in [0.15, 0.2) is 22.7 Å². The van der Waals surface area contributed by atoms with Gasteiger partial charge < -0.3 is 5.32 Å². The van der Waals surface area contributed by atoms with Crippen molar-refractivity contribution >= 4 is 38.9 Å². The van der Waals surface area contributed by atoms with E-state index in [1.54, 1.807) is 11.3 Å². The number of hydrogen-bond donors (Lipinski definition) is 1. The highest BCUT2D eigenvalue weighted by Crippen LogP contribution is 2.29. The van der Waals surface area contributed by atoms with E-state index in [1.165, 1.54) is 0 Å². The van der Waals surface area contributed by atoms with Gasteiger partial charge in [-0.1, -0.05) is 38.9 Å². The lowest BCUT2D eigenvalue weighted by Crippen LogP contribution is -2.04. The van der Waals surface area contributed by atoms with Gasteiger partial charge in [0.05, 0.1) is 0 Å². The molecule has 0 amide bonds. The molecule has 0 fully saturated rings. The van der Waals surface area contributed by atoms with Gasteiger partial charge >= 0.3 is 0 Å². The van der Waals surface area contributed by atoms with Crippen LogP contribution >= 0.6 is 38.9 Å². The molecule has 0 aliphatic rings. The molecular formula is C10H9BrClN3S. The normalized spacial score (nSPS) is 10.7. The van der Waals surface area contributed by atoms with Crippen LogP contribution in [0.4, 0.5) is 0 Å². The molecule has 2 aromatic rings. The van der Waals surface area contributed by atoms with Crippen LogP contribution in [0.3, 0.4) is 0 Å². The van der Waals surface area contributed by atoms with Crippen molar-refractivity contribution in [1.82, 2.24) is 15.5 Å². The fraction of sp³-hybridized carbons (Fsp3) is 0.200. The first-order valence-corrected chi connectivity index (χ1v) is 6.61. The van der Waals surface area contributed by atoms with Crippen LogP contribution in [-0.2, 0) is 6.54 Å². The van der Waals surface area contributed by atoms with E-state index in [2.05, 4.69) is 31.4 Å². The Morgan fingerprint density at radius 3 is 2.88 bits per heavy atom. The molecule has 0 saturated heterocycles. The van der Waals surface area contributed by atoms with Crippen LogP contribution in [0.25, 0.3) is 10.6 Å². The molecule has 1 heterocycles. The number of halogens is 2. The number of aromatic nitrogens is 2. The molecule has 0 aliphatic carbocycles. The Morgan fingerprint density at radius 2 is 2.19 bits per heavy atom. The fourth-order valence-corrected chi connectivity index (χ4v) is 2.97. The molecule has 1 N–H and O–H groups in total. The molecule has 0 aliphatic heterocycles. The third-order valence-corrected chi connectivity index (χ3v) is 3.55. The average Bonchev–Trinajstić information content (AvgIpc) is 2.65. The van der Waals surface area contributed by atoms with Gasteiger partial charge in [0.25, 0.3) is 0 Å². The molecule has 84 valence electrons. The molecule has 0 atom stereocenters. The summed E-state index contributed by atoms with van der Waals surface area (Å²) >= 11 is 11.0. The van der Waals surface area contributed by atoms with E-state index >= 15 is 0 Å². The predicted octanol–water partition coefficient (Wildman–Crippen LogP) is 3.34. The number of rotatable bonds is 3. The zero-order chi connectivity index (χ0) is 11.5. The predicted molar refractivity (Wildman–Crippen MR) is 70.8 cm³/mol. The minimum Gasteiger partial charge on any atom is -0.313 e. The van der Waals surface area contributed by atoms with Crippen LogP contribution in [-0.4, -0.2) is 17.2 Å². The fourth-order valence-electron chi connectivity index (χ4n) is 1.27. The number of benzene rings is 1. The van der Waals surface area contributed by atoms with Crippen molar-refractivity contribution in [2.75, 3.05) is 7.05 Å². The van der Waals surface area contributed by atoms with Gasteiger partial charge in [-0.25, -0.2) is 0 Å². The second-order valence-electron chi connectivity index (χ2n) is 3.19. The summed E-state index contributed by atoms with van der Waals surface area (Å²) in [7, 11) is 1.89. The zero-order valence-corrected chi connectivity index (χ0v) is 11.7. The van der Waals surface area contributed by atoms with E-state index in [-0.39, 0.29) is 0 Å². The van der Waals surface area contributed by atoms with Crippen molar-refractivity contribution in [3.63, 3.8) is 0 Å². The molecule has 0 saturated carbocycles. The van der Waals surface area contributed by atoms with E-state index in [0.29, 0.717) is 5.02 Å². The Labute approximate surface area is 111 Å². The van der Waals surface area contributed by atoms with Gasteiger partial charge in [0, 0.05) is 21.6 Å². The van der Waals surface area contributed by atoms with E-state index in [0.717, 1.165) is 26.6 Å². The quantitative estimate of drug-likeness (QED) is 0.943. The first-order chi connectivity index (χ1) is 7.69. The number of nitrogens with one attached hydrogen (secondary N) is 1. The molecule has 6 heteroatoms. The van der Waals surface area contributed by atoms with Gasteiger partial charge in [-0.05, 0) is 25.2 Å². The molecular weight excluding hydrogens is 310 g/mol. The highest BCUT2D eigenvalue weighted by atomic mass is 79.9. The lowest BCUT2D eigenvalue weighted by molar-refractivity contribution is 0.795. The Bertz CT molecular complexity index is 480. The van der Waals surface area contributed by atoms with Crippen molar-refractivity contribution in [3.05, 3.63) is 32.7 Å². The van der Waals surface area contributed by atoms with Crippen molar-refractivity contribution < 1.29 is 0 Å². The molecule has 0 spiro atoms. The summed E-state index contributed by atoms with van der Waals surface area (Å²) in [6.45, 7) is 0.736. The maximum Gasteiger partial charge on any atom is 0.147 e. The first kappa shape index (κ1) is 12.0. The minimum atomic E-state index is 0.690. The zero-order valence-electron chi connectivity index (χ0n) is 8.50. The summed E-state index contributed by atoms with van der Waals surface area (Å²) in [5.41, 5.74) is 0.985. The van der Waals surface area contributed by atoms with E-state index in [4.69, 9.17) is 11.6 Å². The monoisotopic (exact) mass is 317 g/mol. The Kier molecular flexibility index (Phi) is 3.91. The molecule has 16 heavy (non-hydrogen) atoms. The van der Waals surface area contributed by atoms with E-state index in [9.17, 15) is 0 Å². The molecule has 1 aromatic heterocycles. The van der Waals surface area contributed by atoms with Crippen molar-refractivity contribution in [2.24, 2.45) is 0 Å². The number of nitrogens with zero attached hydrogens (tertiary/aromatic N) is 2. The van der Waals surface area contributed by atoms with Gasteiger partial charge in [-0.15, -0.1) is 10.2 Å². The summed E-state index contributed by atoms with van der Waals surface area (Å²) < 4.78 is 0.945. The highest BCUT2D eigenvalue weighted by Gasteiger charge is 2.07. The van der Waals surface area contributed by atoms with Gasteiger partial charge in [0.1, 0.15) is 10.0 Å². The lowest BCUT2D eigenvalue weighted by atomic mass is 10.2. The molecule has 0 bridgehead atoms. The van der Waals surface area contributed by atoms with E-state index in [1.807, 2.05) is 25.2 Å². The Balaban J connectivity index is 2.34. The molecule has 0 radical (unpaired) electrons. The van der Waals surface area contributed by atoms with Gasteiger partial charge in [-0.2, -0.15) is 0 Å². The summed E-state index contributed by atoms with van der Waals surface area (Å²) in [6, 6.07) is 5.71. The maximum atomic E-state index is 5.98. The summed E-state index contributed by atoms with van der Waals surface area (Å²) in [5, 5.41) is 13.8. The topological polar surface area (TPSA) is 37.8 Å². The first-order valence-electron chi connectivity index (χ1n) is 4.62. The molecule has 1 aromatic carbocycles. The van der Waals surface area contributed by atoms with Gasteiger partial charge in [-0.3, -0.25) is 0 Å². The Morgan fingerprint density at radius 1 is 1.38 bits per heavy atom. The standard InChI is InChI=1S/C10H9BrClN3S/c1-13-5-9-14-15-10(16-9)6-2-7(11)4-8(12)3-6/h2-4,13H,5H2,1H3. The van der Waals surface area contributed by atoms with Crippen molar-refractivity contribution in [1.29, 1.82) is 0 Å². The third kappa shape index (κ3) is 2.79. The van der Waals surface area contributed by atoms with Crippen molar-refractivity contribution in [3.8, 4) is 10.6 Å². The van der Waals surface area contributed by atoms with Crippen LogP contribution in [0.1, 0.15) is 5.01 Å². The average molecular weight is 319 g/mol.